The number of amides is 1. The summed E-state index contributed by atoms with van der Waals surface area (Å²) >= 11 is 5.13. The van der Waals surface area contributed by atoms with E-state index in [4.69, 9.17) is 5.73 Å². The molecule has 0 radical (unpaired) electrons. The first-order valence-corrected chi connectivity index (χ1v) is 8.46. The summed E-state index contributed by atoms with van der Waals surface area (Å²) in [6.07, 6.45) is 2.02. The van der Waals surface area contributed by atoms with Gasteiger partial charge in [-0.2, -0.15) is 0 Å². The second-order valence-electron chi connectivity index (χ2n) is 4.82. The van der Waals surface area contributed by atoms with Gasteiger partial charge in [0, 0.05) is 15.1 Å². The van der Waals surface area contributed by atoms with Crippen LogP contribution in [-0.4, -0.2) is 12.2 Å². The van der Waals surface area contributed by atoms with Gasteiger partial charge in [-0.25, -0.2) is 0 Å². The van der Waals surface area contributed by atoms with Gasteiger partial charge in [-0.05, 0) is 58.9 Å². The second-order valence-corrected chi connectivity index (χ2v) is 6.56. The molecule has 0 bridgehead atoms. The minimum Gasteiger partial charge on any atom is -0.367 e. The maximum Gasteiger partial charge on any atom is 0.247 e. The Bertz CT molecular complexity index is 645. The Hall–Kier alpha value is -1.46. The molecule has 0 fully saturated rings. The van der Waals surface area contributed by atoms with Crippen molar-refractivity contribution < 1.29 is 4.79 Å². The molecule has 0 aliphatic carbocycles. The molecule has 0 aromatic heterocycles. The van der Waals surface area contributed by atoms with E-state index in [-0.39, 0.29) is 0 Å². The van der Waals surface area contributed by atoms with E-state index in [2.05, 4.69) is 21.2 Å². The molecule has 0 aliphatic rings. The average molecular weight is 365 g/mol. The zero-order chi connectivity index (χ0) is 15.5. The fourth-order valence-electron chi connectivity index (χ4n) is 2.03. The molecule has 0 saturated heterocycles. The van der Waals surface area contributed by atoms with Crippen molar-refractivity contribution in [2.24, 2.45) is 5.73 Å². The van der Waals surface area contributed by atoms with Crippen LogP contribution in [0.4, 0.5) is 5.69 Å². The van der Waals surface area contributed by atoms with Crippen LogP contribution in [0.2, 0.25) is 0 Å². The number of para-hydroxylation sites is 1. The van der Waals surface area contributed by atoms with E-state index in [1.807, 2.05) is 54.8 Å². The van der Waals surface area contributed by atoms with Gasteiger partial charge < -0.3 is 11.1 Å². The SMILES string of the molecule is CSc1ccc(C(C)(Nc2ccccc2Br)C(N)=O)cc1. The molecule has 0 aliphatic heterocycles. The zero-order valence-electron chi connectivity index (χ0n) is 11.9. The van der Waals surface area contributed by atoms with Crippen LogP contribution in [0.25, 0.3) is 0 Å². The highest BCUT2D eigenvalue weighted by Crippen LogP contribution is 2.31. The Morgan fingerprint density at radius 3 is 2.33 bits per heavy atom. The van der Waals surface area contributed by atoms with Gasteiger partial charge in [-0.1, -0.05) is 24.3 Å². The lowest BCUT2D eigenvalue weighted by molar-refractivity contribution is -0.122. The molecule has 3 nitrogen and oxygen atoms in total. The van der Waals surface area contributed by atoms with Gasteiger partial charge in [0.05, 0.1) is 0 Å². The number of nitrogens with two attached hydrogens (primary N) is 1. The summed E-state index contributed by atoms with van der Waals surface area (Å²) in [4.78, 5) is 13.2. The van der Waals surface area contributed by atoms with Crippen LogP contribution < -0.4 is 11.1 Å². The molecule has 1 atom stereocenters. The highest BCUT2D eigenvalue weighted by Gasteiger charge is 2.33. The van der Waals surface area contributed by atoms with Crippen molar-refractivity contribution in [1.29, 1.82) is 0 Å². The molecule has 1 amide bonds. The Morgan fingerprint density at radius 2 is 1.81 bits per heavy atom. The van der Waals surface area contributed by atoms with E-state index in [9.17, 15) is 4.79 Å². The minimum absolute atomic E-state index is 0.421. The molecule has 2 rings (SSSR count). The molecule has 2 aromatic carbocycles. The molecule has 1 unspecified atom stereocenters. The number of halogens is 1. The normalized spacial score (nSPS) is 13.5. The van der Waals surface area contributed by atoms with Gasteiger partial charge >= 0.3 is 0 Å². The monoisotopic (exact) mass is 364 g/mol. The van der Waals surface area contributed by atoms with Crippen LogP contribution in [0, 0.1) is 0 Å². The predicted octanol–water partition coefficient (Wildman–Crippen LogP) is 3.98. The van der Waals surface area contributed by atoms with Crippen LogP contribution in [-0.2, 0) is 10.3 Å². The summed E-state index contributed by atoms with van der Waals surface area (Å²) in [6.45, 7) is 1.79. The van der Waals surface area contributed by atoms with E-state index in [0.717, 1.165) is 20.6 Å². The van der Waals surface area contributed by atoms with Crippen molar-refractivity contribution in [3.63, 3.8) is 0 Å². The Morgan fingerprint density at radius 1 is 1.19 bits per heavy atom. The summed E-state index contributed by atoms with van der Waals surface area (Å²) in [7, 11) is 0. The Labute approximate surface area is 137 Å². The Kier molecular flexibility index (Phi) is 4.96. The topological polar surface area (TPSA) is 55.1 Å². The number of carbonyl (C=O) groups is 1. The zero-order valence-corrected chi connectivity index (χ0v) is 14.3. The van der Waals surface area contributed by atoms with Crippen LogP contribution in [0.1, 0.15) is 12.5 Å². The summed E-state index contributed by atoms with van der Waals surface area (Å²) in [5.74, 6) is -0.421. The van der Waals surface area contributed by atoms with Crippen molar-refractivity contribution in [3.05, 3.63) is 58.6 Å². The van der Waals surface area contributed by atoms with E-state index in [1.54, 1.807) is 18.7 Å². The predicted molar refractivity (Wildman–Crippen MR) is 92.5 cm³/mol. The molecule has 3 N–H and O–H groups in total. The van der Waals surface area contributed by atoms with Crippen molar-refractivity contribution in [1.82, 2.24) is 0 Å². The Balaban J connectivity index is 2.40. The van der Waals surface area contributed by atoms with Gasteiger partial charge in [0.2, 0.25) is 5.91 Å². The lowest BCUT2D eigenvalue weighted by atomic mass is 9.91. The molecule has 110 valence electrons. The standard InChI is InChI=1S/C16H17BrN2OS/c1-16(15(18)20,11-7-9-12(21-2)10-8-11)19-14-6-4-3-5-13(14)17/h3-10,19H,1-2H3,(H2,18,20). The number of carbonyl (C=O) groups excluding carboxylic acids is 1. The molecular weight excluding hydrogens is 348 g/mol. The summed E-state index contributed by atoms with van der Waals surface area (Å²) in [5, 5.41) is 3.25. The third-order valence-corrected chi connectivity index (χ3v) is 4.85. The van der Waals surface area contributed by atoms with Crippen molar-refractivity contribution >= 4 is 39.3 Å². The number of rotatable bonds is 5. The average Bonchev–Trinajstić information content (AvgIpc) is 2.49. The van der Waals surface area contributed by atoms with Gasteiger partial charge in [0.25, 0.3) is 0 Å². The quantitative estimate of drug-likeness (QED) is 0.788. The number of nitrogens with one attached hydrogen (secondary N) is 1. The van der Waals surface area contributed by atoms with E-state index >= 15 is 0 Å². The number of benzene rings is 2. The van der Waals surface area contributed by atoms with E-state index < -0.39 is 11.4 Å². The lowest BCUT2D eigenvalue weighted by Crippen LogP contribution is -2.45. The molecule has 21 heavy (non-hydrogen) atoms. The molecule has 0 saturated carbocycles. The second kappa shape index (κ2) is 6.54. The molecule has 0 heterocycles. The van der Waals surface area contributed by atoms with E-state index in [1.165, 1.54) is 0 Å². The molecule has 0 spiro atoms. The summed E-state index contributed by atoms with van der Waals surface area (Å²) in [6, 6.07) is 15.5. The summed E-state index contributed by atoms with van der Waals surface area (Å²) < 4.78 is 0.887. The van der Waals surface area contributed by atoms with Gasteiger partial charge in [-0.15, -0.1) is 11.8 Å². The van der Waals surface area contributed by atoms with E-state index in [0.29, 0.717) is 0 Å². The van der Waals surface area contributed by atoms with Crippen molar-refractivity contribution in [3.8, 4) is 0 Å². The van der Waals surface area contributed by atoms with Crippen LogP contribution in [0.5, 0.6) is 0 Å². The smallest absolute Gasteiger partial charge is 0.247 e. The first-order chi connectivity index (χ1) is 9.97. The summed E-state index contributed by atoms with van der Waals surface area (Å²) in [5.41, 5.74) is 6.34. The first-order valence-electron chi connectivity index (χ1n) is 6.44. The number of hydrogen-bond donors (Lipinski definition) is 2. The molecular formula is C16H17BrN2OS. The fraction of sp³-hybridized carbons (Fsp3) is 0.188. The van der Waals surface area contributed by atoms with Crippen LogP contribution >= 0.6 is 27.7 Å². The first kappa shape index (κ1) is 15.9. The van der Waals surface area contributed by atoms with Gasteiger partial charge in [0.15, 0.2) is 0 Å². The van der Waals surface area contributed by atoms with Gasteiger partial charge in [0.1, 0.15) is 5.54 Å². The van der Waals surface area contributed by atoms with Crippen LogP contribution in [0.3, 0.4) is 0 Å². The molecule has 2 aromatic rings. The minimum atomic E-state index is -0.971. The van der Waals surface area contributed by atoms with Crippen LogP contribution in [0.15, 0.2) is 57.9 Å². The van der Waals surface area contributed by atoms with Crippen molar-refractivity contribution in [2.75, 3.05) is 11.6 Å². The van der Waals surface area contributed by atoms with Crippen molar-refractivity contribution in [2.45, 2.75) is 17.4 Å². The maximum atomic E-state index is 12.0. The lowest BCUT2D eigenvalue weighted by Gasteiger charge is -2.29. The maximum absolute atomic E-state index is 12.0. The number of thioether (sulfide) groups is 1. The fourth-order valence-corrected chi connectivity index (χ4v) is 2.82. The number of anilines is 1. The number of hydrogen-bond acceptors (Lipinski definition) is 3. The highest BCUT2D eigenvalue weighted by atomic mass is 79.9. The molecule has 5 heteroatoms. The highest BCUT2D eigenvalue weighted by molar-refractivity contribution is 9.10. The van der Waals surface area contributed by atoms with Gasteiger partial charge in [-0.3, -0.25) is 4.79 Å². The number of primary amides is 1. The largest absolute Gasteiger partial charge is 0.367 e. The third-order valence-electron chi connectivity index (χ3n) is 3.42. The third kappa shape index (κ3) is 3.41.